The molecule has 1 aromatic rings. The summed E-state index contributed by atoms with van der Waals surface area (Å²) in [6.45, 7) is 11.0. The molecule has 3 heteroatoms. The summed E-state index contributed by atoms with van der Waals surface area (Å²) in [5, 5.41) is 9.34. The average Bonchev–Trinajstić information content (AvgIpc) is 2.39. The molecule has 3 nitrogen and oxygen atoms in total. The molecule has 0 amide bonds. The number of hydrogen-bond acceptors (Lipinski definition) is 2. The second kappa shape index (κ2) is 4.85. The number of benzene rings is 1. The van der Waals surface area contributed by atoms with E-state index in [-0.39, 0.29) is 11.8 Å². The smallest absolute Gasteiger partial charge is 0.195 e. The van der Waals surface area contributed by atoms with Gasteiger partial charge in [-0.25, -0.2) is 4.85 Å². The summed E-state index contributed by atoms with van der Waals surface area (Å²) in [6, 6.07) is 12.0. The molecule has 18 heavy (non-hydrogen) atoms. The van der Waals surface area contributed by atoms with Crippen molar-refractivity contribution in [2.45, 2.75) is 19.8 Å². The fraction of sp³-hybridized carbons (Fsp3) is 0.267. The Hall–Kier alpha value is -2.39. The minimum atomic E-state index is -0.347. The highest BCUT2D eigenvalue weighted by atomic mass is 14.8. The van der Waals surface area contributed by atoms with Gasteiger partial charge >= 0.3 is 0 Å². The van der Waals surface area contributed by atoms with Gasteiger partial charge in [-0.1, -0.05) is 30.3 Å². The number of hydrogen-bond donors (Lipinski definition) is 0. The second-order valence-corrected chi connectivity index (χ2v) is 4.33. The van der Waals surface area contributed by atoms with Crippen molar-refractivity contribution >= 4 is 5.71 Å². The fourth-order valence-corrected chi connectivity index (χ4v) is 2.34. The van der Waals surface area contributed by atoms with Crippen molar-refractivity contribution in [3.63, 3.8) is 0 Å². The standard InChI is InChI=1S/C15H13N3/c1-10-13(9-16)14(12-7-5-4-6-8-12)15(17-3)11(2)18-10/h4-8,13-14H,1-2H3. The van der Waals surface area contributed by atoms with Gasteiger partial charge in [-0.15, -0.1) is 0 Å². The molecule has 0 fully saturated rings. The minimum Gasteiger partial charge on any atom is -0.273 e. The third-order valence-corrected chi connectivity index (χ3v) is 3.21. The van der Waals surface area contributed by atoms with Crippen molar-refractivity contribution in [1.29, 1.82) is 5.26 Å². The minimum absolute atomic E-state index is 0.189. The molecule has 88 valence electrons. The van der Waals surface area contributed by atoms with Gasteiger partial charge < -0.3 is 0 Å². The van der Waals surface area contributed by atoms with Gasteiger partial charge in [-0.05, 0) is 19.4 Å². The van der Waals surface area contributed by atoms with Gasteiger partial charge in [0.25, 0.3) is 0 Å². The summed E-state index contributed by atoms with van der Waals surface area (Å²) in [6.07, 6.45) is 0. The molecule has 0 spiro atoms. The van der Waals surface area contributed by atoms with Gasteiger partial charge in [0.1, 0.15) is 0 Å². The molecule has 2 rings (SSSR count). The lowest BCUT2D eigenvalue weighted by Crippen LogP contribution is -2.24. The SMILES string of the molecule is [C-]#[N+]C1=C(C)N=C(C)C(C#N)C1c1ccccc1. The molecule has 0 aliphatic carbocycles. The van der Waals surface area contributed by atoms with Crippen molar-refractivity contribution in [2.75, 3.05) is 0 Å². The summed E-state index contributed by atoms with van der Waals surface area (Å²) in [4.78, 5) is 7.91. The molecule has 1 aromatic carbocycles. The molecular weight excluding hydrogens is 222 g/mol. The Kier molecular flexibility index (Phi) is 3.26. The molecular formula is C15H13N3. The highest BCUT2D eigenvalue weighted by molar-refractivity contribution is 5.90. The number of allylic oxidation sites excluding steroid dienone is 2. The van der Waals surface area contributed by atoms with Crippen LogP contribution in [0.4, 0.5) is 0 Å². The largest absolute Gasteiger partial charge is 0.273 e. The summed E-state index contributed by atoms with van der Waals surface area (Å²) in [7, 11) is 0. The maximum atomic E-state index is 9.34. The predicted octanol–water partition coefficient (Wildman–Crippen LogP) is 3.54. The molecule has 1 aliphatic rings. The lowest BCUT2D eigenvalue weighted by Gasteiger charge is -2.26. The maximum Gasteiger partial charge on any atom is 0.195 e. The molecule has 1 aliphatic heterocycles. The third kappa shape index (κ3) is 1.92. The number of rotatable bonds is 1. The van der Waals surface area contributed by atoms with Crippen molar-refractivity contribution in [2.24, 2.45) is 10.9 Å². The highest BCUT2D eigenvalue weighted by Crippen LogP contribution is 2.38. The van der Waals surface area contributed by atoms with Gasteiger partial charge in [0.05, 0.1) is 18.6 Å². The van der Waals surface area contributed by atoms with Crippen LogP contribution in [-0.2, 0) is 0 Å². The molecule has 0 aromatic heterocycles. The van der Waals surface area contributed by atoms with E-state index in [0.29, 0.717) is 5.70 Å². The van der Waals surface area contributed by atoms with Crippen LogP contribution in [0.25, 0.3) is 4.85 Å². The van der Waals surface area contributed by atoms with Crippen LogP contribution in [0.2, 0.25) is 0 Å². The van der Waals surface area contributed by atoms with Crippen molar-refractivity contribution in [3.05, 3.63) is 58.7 Å². The van der Waals surface area contributed by atoms with Gasteiger partial charge in [-0.3, -0.25) is 4.99 Å². The van der Waals surface area contributed by atoms with Gasteiger partial charge in [0.2, 0.25) is 0 Å². The van der Waals surface area contributed by atoms with Crippen molar-refractivity contribution < 1.29 is 0 Å². The van der Waals surface area contributed by atoms with Crippen molar-refractivity contribution in [3.8, 4) is 6.07 Å². The first kappa shape index (κ1) is 12.1. The Morgan fingerprint density at radius 3 is 2.50 bits per heavy atom. The van der Waals surface area contributed by atoms with Crippen LogP contribution >= 0.6 is 0 Å². The molecule has 0 saturated carbocycles. The molecule has 2 atom stereocenters. The van der Waals surface area contributed by atoms with Crippen LogP contribution in [0.1, 0.15) is 25.3 Å². The van der Waals surface area contributed by atoms with E-state index in [1.807, 2.05) is 44.2 Å². The maximum absolute atomic E-state index is 9.34. The normalized spacial score (nSPS) is 23.0. The van der Waals surface area contributed by atoms with E-state index in [9.17, 15) is 5.26 Å². The van der Waals surface area contributed by atoms with Gasteiger partial charge in [0, 0.05) is 17.3 Å². The molecule has 0 saturated heterocycles. The zero-order valence-corrected chi connectivity index (χ0v) is 10.4. The Labute approximate surface area is 107 Å². The quantitative estimate of drug-likeness (QED) is 0.686. The summed E-state index contributed by atoms with van der Waals surface area (Å²) >= 11 is 0. The van der Waals surface area contributed by atoms with E-state index >= 15 is 0 Å². The average molecular weight is 235 g/mol. The van der Waals surface area contributed by atoms with E-state index < -0.39 is 0 Å². The van der Waals surface area contributed by atoms with E-state index in [2.05, 4.69) is 15.9 Å². The topological polar surface area (TPSA) is 40.5 Å². The third-order valence-electron chi connectivity index (χ3n) is 3.21. The fourth-order valence-electron chi connectivity index (χ4n) is 2.34. The van der Waals surface area contributed by atoms with Gasteiger partial charge in [0.15, 0.2) is 5.70 Å². The lowest BCUT2D eigenvalue weighted by molar-refractivity contribution is 0.699. The van der Waals surface area contributed by atoms with Crippen LogP contribution in [0.15, 0.2) is 46.7 Å². The molecule has 2 unspecified atom stereocenters. The van der Waals surface area contributed by atoms with E-state index in [0.717, 1.165) is 17.0 Å². The Bertz CT molecular complexity index is 597. The second-order valence-electron chi connectivity index (χ2n) is 4.33. The Balaban J connectivity index is 2.60. The molecule has 0 bridgehead atoms. The first-order valence-corrected chi connectivity index (χ1v) is 5.77. The first-order chi connectivity index (χ1) is 8.69. The van der Waals surface area contributed by atoms with E-state index in [4.69, 9.17) is 6.57 Å². The van der Waals surface area contributed by atoms with E-state index in [1.165, 1.54) is 0 Å². The highest BCUT2D eigenvalue weighted by Gasteiger charge is 2.34. The van der Waals surface area contributed by atoms with Crippen LogP contribution in [-0.4, -0.2) is 5.71 Å². The van der Waals surface area contributed by atoms with Crippen LogP contribution in [0.3, 0.4) is 0 Å². The number of nitrogens with zero attached hydrogens (tertiary/aromatic N) is 3. The summed E-state index contributed by atoms with van der Waals surface area (Å²) in [5.41, 5.74) is 3.10. The predicted molar refractivity (Wildman–Crippen MR) is 70.7 cm³/mol. The molecule has 0 N–H and O–H groups in total. The van der Waals surface area contributed by atoms with E-state index in [1.54, 1.807) is 0 Å². The zero-order valence-electron chi connectivity index (χ0n) is 10.4. The number of aliphatic imine (C=N–C) groups is 1. The Morgan fingerprint density at radius 2 is 1.94 bits per heavy atom. The van der Waals surface area contributed by atoms with Crippen LogP contribution in [0.5, 0.6) is 0 Å². The first-order valence-electron chi connectivity index (χ1n) is 5.77. The summed E-state index contributed by atoms with van der Waals surface area (Å²) in [5.74, 6) is -0.536. The Morgan fingerprint density at radius 1 is 1.28 bits per heavy atom. The van der Waals surface area contributed by atoms with Crippen LogP contribution < -0.4 is 0 Å². The molecule has 0 radical (unpaired) electrons. The van der Waals surface area contributed by atoms with Crippen LogP contribution in [0, 0.1) is 23.8 Å². The van der Waals surface area contributed by atoms with Gasteiger partial charge in [-0.2, -0.15) is 5.26 Å². The van der Waals surface area contributed by atoms with Crippen molar-refractivity contribution in [1.82, 2.24) is 0 Å². The number of nitriles is 1. The monoisotopic (exact) mass is 235 g/mol. The summed E-state index contributed by atoms with van der Waals surface area (Å²) < 4.78 is 0. The lowest BCUT2D eigenvalue weighted by atomic mass is 9.79. The molecule has 1 heterocycles. The zero-order chi connectivity index (χ0) is 13.1.